The van der Waals surface area contributed by atoms with Gasteiger partial charge in [-0.2, -0.15) is 0 Å². The van der Waals surface area contributed by atoms with Gasteiger partial charge in [0.25, 0.3) is 0 Å². The molecule has 2 rings (SSSR count). The Morgan fingerprint density at radius 1 is 1.53 bits per heavy atom. The lowest BCUT2D eigenvalue weighted by Crippen LogP contribution is -2.19. The van der Waals surface area contributed by atoms with E-state index in [0.717, 1.165) is 22.0 Å². The van der Waals surface area contributed by atoms with Gasteiger partial charge < -0.3 is 15.4 Å². The van der Waals surface area contributed by atoms with E-state index in [1.54, 1.807) is 0 Å². The van der Waals surface area contributed by atoms with Crippen LogP contribution in [0.2, 0.25) is 0 Å². The summed E-state index contributed by atoms with van der Waals surface area (Å²) in [5, 5.41) is 11.9. The number of hydrogen-bond donors (Lipinski definition) is 3. The first kappa shape index (κ1) is 9.58. The number of amides is 1. The van der Waals surface area contributed by atoms with E-state index >= 15 is 0 Å². The molecule has 0 spiro atoms. The second-order valence-corrected chi connectivity index (χ2v) is 3.47. The molecule has 1 amide bonds. The van der Waals surface area contributed by atoms with Gasteiger partial charge >= 0.3 is 6.09 Å². The second-order valence-electron chi connectivity index (χ2n) is 3.47. The molecule has 15 heavy (non-hydrogen) atoms. The molecule has 0 aliphatic carbocycles. The number of H-pyrrole nitrogens is 1. The molecule has 0 bridgehead atoms. The van der Waals surface area contributed by atoms with Crippen molar-refractivity contribution in [3.8, 4) is 0 Å². The highest BCUT2D eigenvalue weighted by atomic mass is 16.4. The molecule has 0 aliphatic heterocycles. The minimum absolute atomic E-state index is 0.332. The predicted molar refractivity (Wildman–Crippen MR) is 57.9 cm³/mol. The van der Waals surface area contributed by atoms with E-state index in [2.05, 4.69) is 10.3 Å². The molecule has 0 aliphatic rings. The van der Waals surface area contributed by atoms with Crippen molar-refractivity contribution < 1.29 is 9.90 Å². The van der Waals surface area contributed by atoms with Crippen LogP contribution in [0.5, 0.6) is 0 Å². The summed E-state index contributed by atoms with van der Waals surface area (Å²) in [6, 6.07) is 5.97. The van der Waals surface area contributed by atoms with Crippen LogP contribution in [-0.4, -0.2) is 16.2 Å². The fourth-order valence-corrected chi connectivity index (χ4v) is 1.68. The quantitative estimate of drug-likeness (QED) is 0.702. The Labute approximate surface area is 86.9 Å². The number of aromatic amines is 1. The molecule has 0 atom stereocenters. The molecule has 4 nitrogen and oxygen atoms in total. The molecule has 78 valence electrons. The molecule has 0 saturated carbocycles. The zero-order chi connectivity index (χ0) is 10.8. The van der Waals surface area contributed by atoms with E-state index in [0.29, 0.717) is 6.54 Å². The van der Waals surface area contributed by atoms with Gasteiger partial charge in [-0.3, -0.25) is 0 Å². The maximum atomic E-state index is 10.4. The summed E-state index contributed by atoms with van der Waals surface area (Å²) in [7, 11) is 0. The Morgan fingerprint density at radius 3 is 3.07 bits per heavy atom. The summed E-state index contributed by atoms with van der Waals surface area (Å²) >= 11 is 0. The lowest BCUT2D eigenvalue weighted by atomic mass is 10.1. The average molecular weight is 204 g/mol. The number of aryl methyl sites for hydroxylation is 1. The first-order valence-electron chi connectivity index (χ1n) is 4.71. The summed E-state index contributed by atoms with van der Waals surface area (Å²) in [5.74, 6) is 0. The number of aromatic nitrogens is 1. The number of rotatable bonds is 2. The van der Waals surface area contributed by atoms with Crippen molar-refractivity contribution in [3.05, 3.63) is 35.5 Å². The Hall–Kier alpha value is -1.97. The van der Waals surface area contributed by atoms with Crippen LogP contribution >= 0.6 is 0 Å². The molecule has 3 N–H and O–H groups in total. The zero-order valence-electron chi connectivity index (χ0n) is 8.37. The fourth-order valence-electron chi connectivity index (χ4n) is 1.68. The summed E-state index contributed by atoms with van der Waals surface area (Å²) in [6.45, 7) is 2.35. The normalized spacial score (nSPS) is 10.5. The third kappa shape index (κ3) is 1.79. The zero-order valence-corrected chi connectivity index (χ0v) is 8.37. The Balaban J connectivity index is 2.37. The summed E-state index contributed by atoms with van der Waals surface area (Å²) < 4.78 is 0. The lowest BCUT2D eigenvalue weighted by molar-refractivity contribution is 0.194. The minimum atomic E-state index is -1.00. The predicted octanol–water partition coefficient (Wildman–Crippen LogP) is 2.24. The number of para-hydroxylation sites is 1. The molecule has 0 radical (unpaired) electrons. The van der Waals surface area contributed by atoms with Crippen LogP contribution in [0.15, 0.2) is 24.4 Å². The largest absolute Gasteiger partial charge is 0.465 e. The Kier molecular flexibility index (Phi) is 2.33. The molecule has 2 aromatic rings. The SMILES string of the molecule is Cc1cccc2c(CNC(=O)O)c[nH]c12. The van der Waals surface area contributed by atoms with E-state index in [4.69, 9.17) is 5.11 Å². The van der Waals surface area contributed by atoms with Gasteiger partial charge in [0.2, 0.25) is 0 Å². The van der Waals surface area contributed by atoms with Gasteiger partial charge in [-0.1, -0.05) is 18.2 Å². The van der Waals surface area contributed by atoms with Crippen LogP contribution in [0.3, 0.4) is 0 Å². The van der Waals surface area contributed by atoms with E-state index in [1.165, 1.54) is 0 Å². The van der Waals surface area contributed by atoms with Crippen molar-refractivity contribution in [2.24, 2.45) is 0 Å². The maximum absolute atomic E-state index is 10.4. The van der Waals surface area contributed by atoms with E-state index in [9.17, 15) is 4.79 Å². The molecule has 1 aromatic heterocycles. The van der Waals surface area contributed by atoms with Crippen LogP contribution in [0.4, 0.5) is 4.79 Å². The number of nitrogens with one attached hydrogen (secondary N) is 2. The van der Waals surface area contributed by atoms with Gasteiger partial charge in [-0.05, 0) is 18.1 Å². The topological polar surface area (TPSA) is 65.1 Å². The summed E-state index contributed by atoms with van der Waals surface area (Å²) in [4.78, 5) is 13.5. The molecule has 4 heteroatoms. The highest BCUT2D eigenvalue weighted by molar-refractivity contribution is 5.86. The first-order valence-corrected chi connectivity index (χ1v) is 4.71. The smallest absolute Gasteiger partial charge is 0.404 e. The average Bonchev–Trinajstić information content (AvgIpc) is 2.59. The van der Waals surface area contributed by atoms with Crippen molar-refractivity contribution in [1.29, 1.82) is 0 Å². The first-order chi connectivity index (χ1) is 7.18. The molecular weight excluding hydrogens is 192 g/mol. The Bertz CT molecular complexity index is 502. The van der Waals surface area contributed by atoms with Crippen LogP contribution in [0, 0.1) is 6.92 Å². The monoisotopic (exact) mass is 204 g/mol. The van der Waals surface area contributed by atoms with E-state index < -0.39 is 6.09 Å². The molecule has 0 fully saturated rings. The fraction of sp³-hybridized carbons (Fsp3) is 0.182. The minimum Gasteiger partial charge on any atom is -0.465 e. The standard InChI is InChI=1S/C11H12N2O2/c1-7-3-2-4-9-8(5-12-10(7)9)6-13-11(14)15/h2-5,12-13H,6H2,1H3,(H,14,15). The number of carbonyl (C=O) groups is 1. The van der Waals surface area contributed by atoms with Crippen LogP contribution in [0.1, 0.15) is 11.1 Å². The Morgan fingerprint density at radius 2 is 2.33 bits per heavy atom. The van der Waals surface area contributed by atoms with E-state index in [-0.39, 0.29) is 0 Å². The van der Waals surface area contributed by atoms with Crippen molar-refractivity contribution in [1.82, 2.24) is 10.3 Å². The van der Waals surface area contributed by atoms with Crippen molar-refractivity contribution in [3.63, 3.8) is 0 Å². The van der Waals surface area contributed by atoms with Crippen LogP contribution < -0.4 is 5.32 Å². The lowest BCUT2D eigenvalue weighted by Gasteiger charge is -1.99. The van der Waals surface area contributed by atoms with Crippen LogP contribution in [0.25, 0.3) is 10.9 Å². The van der Waals surface area contributed by atoms with Crippen molar-refractivity contribution >= 4 is 17.0 Å². The third-order valence-electron chi connectivity index (χ3n) is 2.44. The van der Waals surface area contributed by atoms with Gasteiger partial charge in [0.05, 0.1) is 0 Å². The van der Waals surface area contributed by atoms with Crippen molar-refractivity contribution in [2.45, 2.75) is 13.5 Å². The molecule has 1 aromatic carbocycles. The number of hydrogen-bond acceptors (Lipinski definition) is 1. The number of benzene rings is 1. The van der Waals surface area contributed by atoms with Gasteiger partial charge in [0, 0.05) is 23.6 Å². The summed E-state index contributed by atoms with van der Waals surface area (Å²) in [6.07, 6.45) is 0.838. The molecular formula is C11H12N2O2. The molecule has 0 unspecified atom stereocenters. The number of fused-ring (bicyclic) bond motifs is 1. The van der Waals surface area contributed by atoms with Gasteiger partial charge in [-0.15, -0.1) is 0 Å². The van der Waals surface area contributed by atoms with Crippen molar-refractivity contribution in [2.75, 3.05) is 0 Å². The molecule has 0 saturated heterocycles. The number of carboxylic acid groups (broad SMARTS) is 1. The maximum Gasteiger partial charge on any atom is 0.404 e. The van der Waals surface area contributed by atoms with Gasteiger partial charge in [0.1, 0.15) is 0 Å². The third-order valence-corrected chi connectivity index (χ3v) is 2.44. The summed E-state index contributed by atoms with van der Waals surface area (Å²) in [5.41, 5.74) is 3.20. The van der Waals surface area contributed by atoms with Crippen LogP contribution in [-0.2, 0) is 6.54 Å². The molecule has 1 heterocycles. The van der Waals surface area contributed by atoms with E-state index in [1.807, 2.05) is 31.3 Å². The highest BCUT2D eigenvalue weighted by Gasteiger charge is 2.05. The second kappa shape index (κ2) is 3.65. The highest BCUT2D eigenvalue weighted by Crippen LogP contribution is 2.20. The van der Waals surface area contributed by atoms with Gasteiger partial charge in [0.15, 0.2) is 0 Å². The van der Waals surface area contributed by atoms with Gasteiger partial charge in [-0.25, -0.2) is 4.79 Å².